The highest BCUT2D eigenvalue weighted by atomic mass is 28.4. The zero-order valence-corrected chi connectivity index (χ0v) is 13.6. The molecular weight excluding hydrogens is 254 g/mol. The van der Waals surface area contributed by atoms with Gasteiger partial charge in [-0.3, -0.25) is 0 Å². The average Bonchev–Trinajstić information content (AvgIpc) is 2.35. The van der Waals surface area contributed by atoms with Crippen LogP contribution in [0.25, 0.3) is 0 Å². The molecule has 3 nitrogen and oxygen atoms in total. The van der Waals surface area contributed by atoms with E-state index < -0.39 is 8.32 Å². The first kappa shape index (κ1) is 15.6. The average molecular weight is 279 g/mol. The molecule has 0 bridgehead atoms. The first-order chi connectivity index (χ1) is 8.94. The molecule has 0 heterocycles. The molecule has 0 atom stereocenters. The third-order valence-electron chi connectivity index (χ3n) is 2.47. The minimum atomic E-state index is -1.69. The van der Waals surface area contributed by atoms with E-state index in [1.807, 2.05) is 36.5 Å². The molecule has 0 N–H and O–H groups in total. The Kier molecular flexibility index (Phi) is 5.95. The van der Waals surface area contributed by atoms with Crippen LogP contribution in [0.15, 0.2) is 42.5 Å². The van der Waals surface area contributed by atoms with Crippen molar-refractivity contribution < 1.29 is 9.16 Å². The molecule has 4 heteroatoms. The van der Waals surface area contributed by atoms with Gasteiger partial charge in [-0.15, -0.1) is 0 Å². The maximum absolute atomic E-state index is 6.01. The van der Waals surface area contributed by atoms with Crippen molar-refractivity contribution in [2.75, 3.05) is 13.1 Å². The van der Waals surface area contributed by atoms with Crippen molar-refractivity contribution in [3.05, 3.63) is 42.5 Å². The Hall–Kier alpha value is -1.42. The number of rotatable bonds is 7. The molecule has 0 radical (unpaired) electrons. The third-order valence-corrected chi connectivity index (χ3v) is 3.28. The lowest BCUT2D eigenvalue weighted by molar-refractivity contribution is 0.205. The summed E-state index contributed by atoms with van der Waals surface area (Å²) in [5, 5.41) is 0. The van der Waals surface area contributed by atoms with Crippen LogP contribution in [0.3, 0.4) is 0 Å². The van der Waals surface area contributed by atoms with Crippen LogP contribution in [-0.4, -0.2) is 26.3 Å². The third kappa shape index (κ3) is 6.34. The maximum atomic E-state index is 6.01. The number of benzene rings is 1. The Balaban J connectivity index is 2.86. The van der Waals surface area contributed by atoms with Crippen molar-refractivity contribution in [2.24, 2.45) is 0 Å². The lowest BCUT2D eigenvalue weighted by Crippen LogP contribution is -2.28. The van der Waals surface area contributed by atoms with Gasteiger partial charge in [0, 0.05) is 13.1 Å². The minimum Gasteiger partial charge on any atom is -0.518 e. The number of nitrogens with zero attached hydrogens (tertiary/aromatic N) is 1. The maximum Gasteiger partial charge on any atom is 0.287 e. The predicted molar refractivity (Wildman–Crippen MR) is 82.5 cm³/mol. The summed E-state index contributed by atoms with van der Waals surface area (Å²) in [7, 11) is -1.69. The fraction of sp³-hybridized carbons (Fsp3) is 0.467. The molecule has 0 unspecified atom stereocenters. The zero-order chi connectivity index (χ0) is 14.3. The van der Waals surface area contributed by atoms with Gasteiger partial charge < -0.3 is 14.1 Å². The molecule has 106 valence electrons. The van der Waals surface area contributed by atoms with Crippen LogP contribution >= 0.6 is 0 Å². The summed E-state index contributed by atoms with van der Waals surface area (Å²) in [5.41, 5.74) is 0. The molecule has 0 saturated heterocycles. The fourth-order valence-corrected chi connectivity index (χ4v) is 2.23. The summed E-state index contributed by atoms with van der Waals surface area (Å²) in [6.07, 6.45) is 1.96. The van der Waals surface area contributed by atoms with Crippen LogP contribution in [0.5, 0.6) is 5.75 Å². The van der Waals surface area contributed by atoms with Crippen molar-refractivity contribution >= 4 is 8.32 Å². The molecule has 1 rings (SSSR count). The largest absolute Gasteiger partial charge is 0.518 e. The van der Waals surface area contributed by atoms with Gasteiger partial charge >= 0.3 is 0 Å². The molecule has 0 amide bonds. The van der Waals surface area contributed by atoms with Crippen LogP contribution in [0.1, 0.15) is 13.8 Å². The van der Waals surface area contributed by atoms with Gasteiger partial charge in [-0.1, -0.05) is 18.2 Å². The van der Waals surface area contributed by atoms with Gasteiger partial charge in [0.2, 0.25) is 8.32 Å². The Morgan fingerprint density at radius 3 is 2.16 bits per heavy atom. The first-order valence-corrected chi connectivity index (χ1v) is 10.2. The molecule has 0 saturated carbocycles. The topological polar surface area (TPSA) is 21.7 Å². The van der Waals surface area contributed by atoms with Gasteiger partial charge in [0.15, 0.2) is 0 Å². The van der Waals surface area contributed by atoms with E-state index >= 15 is 0 Å². The van der Waals surface area contributed by atoms with Crippen molar-refractivity contribution in [1.29, 1.82) is 0 Å². The van der Waals surface area contributed by atoms with Gasteiger partial charge in [-0.2, -0.15) is 0 Å². The van der Waals surface area contributed by atoms with Crippen molar-refractivity contribution in [1.82, 2.24) is 4.90 Å². The van der Waals surface area contributed by atoms with E-state index in [0.29, 0.717) is 5.95 Å². The normalized spacial score (nSPS) is 12.2. The molecule has 0 aliphatic carbocycles. The summed E-state index contributed by atoms with van der Waals surface area (Å²) in [5.74, 6) is 1.40. The van der Waals surface area contributed by atoms with Crippen molar-refractivity contribution in [3.8, 4) is 5.75 Å². The van der Waals surface area contributed by atoms with Crippen LogP contribution in [0.4, 0.5) is 0 Å². The molecule has 0 aromatic heterocycles. The zero-order valence-electron chi connectivity index (χ0n) is 12.6. The molecule has 0 aliphatic rings. The molecule has 19 heavy (non-hydrogen) atoms. The van der Waals surface area contributed by atoms with Gasteiger partial charge in [0.1, 0.15) is 5.75 Å². The summed E-state index contributed by atoms with van der Waals surface area (Å²) in [4.78, 5) is 2.17. The number of ether oxygens (including phenoxy) is 1. The van der Waals surface area contributed by atoms with E-state index in [1.165, 1.54) is 0 Å². The van der Waals surface area contributed by atoms with Crippen molar-refractivity contribution in [2.45, 2.75) is 33.5 Å². The number of hydrogen-bond acceptors (Lipinski definition) is 3. The standard InChI is InChI=1S/C15H25NO2Si/c1-6-16(7-2)13-15(18-19(3,4)5)17-14-11-9-8-10-12-14/h8-13H,6-7H2,1-5H3. The van der Waals surface area contributed by atoms with Gasteiger partial charge in [-0.05, 0) is 45.6 Å². The molecule has 0 spiro atoms. The second-order valence-corrected chi connectivity index (χ2v) is 9.73. The number of para-hydroxylation sites is 1. The molecule has 0 aliphatic heterocycles. The van der Waals surface area contributed by atoms with Gasteiger partial charge in [-0.25, -0.2) is 0 Å². The second-order valence-electron chi connectivity index (χ2n) is 5.30. The van der Waals surface area contributed by atoms with E-state index in [-0.39, 0.29) is 0 Å². The summed E-state index contributed by atoms with van der Waals surface area (Å²) in [6.45, 7) is 12.6. The molecule has 1 aromatic carbocycles. The second kappa shape index (κ2) is 7.24. The van der Waals surface area contributed by atoms with E-state index in [0.717, 1.165) is 18.8 Å². The van der Waals surface area contributed by atoms with Gasteiger partial charge in [0.05, 0.1) is 6.20 Å². The molecule has 0 fully saturated rings. The lowest BCUT2D eigenvalue weighted by Gasteiger charge is -2.24. The molecule has 1 aromatic rings. The Morgan fingerprint density at radius 2 is 1.68 bits per heavy atom. The first-order valence-electron chi connectivity index (χ1n) is 6.82. The van der Waals surface area contributed by atoms with E-state index in [4.69, 9.17) is 9.16 Å². The highest BCUT2D eigenvalue weighted by molar-refractivity contribution is 6.70. The van der Waals surface area contributed by atoms with Crippen LogP contribution in [0.2, 0.25) is 19.6 Å². The summed E-state index contributed by atoms with van der Waals surface area (Å²) in [6, 6.07) is 9.76. The Labute approximate surface area is 118 Å². The summed E-state index contributed by atoms with van der Waals surface area (Å²) >= 11 is 0. The highest BCUT2D eigenvalue weighted by Crippen LogP contribution is 2.18. The smallest absolute Gasteiger partial charge is 0.287 e. The summed E-state index contributed by atoms with van der Waals surface area (Å²) < 4.78 is 11.9. The monoisotopic (exact) mass is 279 g/mol. The van der Waals surface area contributed by atoms with Crippen LogP contribution in [0, 0.1) is 0 Å². The van der Waals surface area contributed by atoms with Crippen LogP contribution in [-0.2, 0) is 4.43 Å². The Bertz CT molecular complexity index is 394. The highest BCUT2D eigenvalue weighted by Gasteiger charge is 2.19. The SMILES string of the molecule is CCN(C=C(Oc1ccccc1)O[Si](C)(C)C)CC. The quantitative estimate of drug-likeness (QED) is 0.555. The number of hydrogen-bond donors (Lipinski definition) is 0. The van der Waals surface area contributed by atoms with Gasteiger partial charge in [0.25, 0.3) is 5.95 Å². The lowest BCUT2D eigenvalue weighted by atomic mass is 10.3. The van der Waals surface area contributed by atoms with Crippen LogP contribution < -0.4 is 4.74 Å². The minimum absolute atomic E-state index is 0.592. The van der Waals surface area contributed by atoms with E-state index in [2.05, 4.69) is 38.4 Å². The van der Waals surface area contributed by atoms with E-state index in [9.17, 15) is 0 Å². The fourth-order valence-electron chi connectivity index (χ4n) is 1.54. The predicted octanol–water partition coefficient (Wildman–Crippen LogP) is 4.06. The Morgan fingerprint density at radius 1 is 1.11 bits per heavy atom. The van der Waals surface area contributed by atoms with E-state index in [1.54, 1.807) is 0 Å². The van der Waals surface area contributed by atoms with Crippen molar-refractivity contribution in [3.63, 3.8) is 0 Å². The molecular formula is C15H25NO2Si.